The molecule has 7 heteroatoms. The van der Waals surface area contributed by atoms with E-state index in [1.54, 1.807) is 17.7 Å². The molecule has 2 atom stereocenters. The van der Waals surface area contributed by atoms with Crippen LogP contribution in [0.2, 0.25) is 0 Å². The number of aliphatic hydroxyl groups is 1. The van der Waals surface area contributed by atoms with Crippen LogP contribution < -0.4 is 10.6 Å². The van der Waals surface area contributed by atoms with Crippen LogP contribution in [-0.4, -0.2) is 39.7 Å². The molecule has 0 saturated carbocycles. The van der Waals surface area contributed by atoms with Crippen molar-refractivity contribution in [3.05, 3.63) is 16.8 Å². The number of amides is 1. The lowest BCUT2D eigenvalue weighted by Gasteiger charge is -2.24. The zero-order valence-corrected chi connectivity index (χ0v) is 13.0. The lowest BCUT2D eigenvalue weighted by Crippen LogP contribution is -2.40. The van der Waals surface area contributed by atoms with Gasteiger partial charge in [-0.3, -0.25) is 4.79 Å². The minimum Gasteiger partial charge on any atom is -0.391 e. The highest BCUT2D eigenvalue weighted by Crippen LogP contribution is 2.40. The molecular weight excluding hydrogens is 300 g/mol. The summed E-state index contributed by atoms with van der Waals surface area (Å²) in [7, 11) is 0. The molecule has 2 aliphatic rings. The summed E-state index contributed by atoms with van der Waals surface area (Å²) in [5.74, 6) is 0.345. The molecule has 1 aliphatic heterocycles. The molecule has 0 unspecified atom stereocenters. The molecule has 1 fully saturated rings. The minimum atomic E-state index is -0.544. The summed E-state index contributed by atoms with van der Waals surface area (Å²) in [5, 5.41) is 11.0. The van der Waals surface area contributed by atoms with E-state index in [0.717, 1.165) is 28.9 Å². The third-order valence-corrected chi connectivity index (χ3v) is 5.81. The van der Waals surface area contributed by atoms with Crippen molar-refractivity contribution in [1.82, 2.24) is 9.97 Å². The number of thiophene rings is 1. The summed E-state index contributed by atoms with van der Waals surface area (Å²) in [4.78, 5) is 24.8. The molecule has 0 spiro atoms. The van der Waals surface area contributed by atoms with Gasteiger partial charge in [0.1, 0.15) is 23.0 Å². The molecule has 22 heavy (non-hydrogen) atoms. The summed E-state index contributed by atoms with van der Waals surface area (Å²) in [5.41, 5.74) is 6.84. The molecular formula is C15H18N4O2S. The Morgan fingerprint density at radius 2 is 2.18 bits per heavy atom. The van der Waals surface area contributed by atoms with Gasteiger partial charge >= 0.3 is 0 Å². The van der Waals surface area contributed by atoms with E-state index in [2.05, 4.69) is 9.97 Å². The van der Waals surface area contributed by atoms with Crippen LogP contribution in [0.4, 0.5) is 5.82 Å². The van der Waals surface area contributed by atoms with Crippen LogP contribution in [0.15, 0.2) is 6.33 Å². The van der Waals surface area contributed by atoms with Crippen LogP contribution >= 0.6 is 11.3 Å². The summed E-state index contributed by atoms with van der Waals surface area (Å²) < 4.78 is 0. The summed E-state index contributed by atoms with van der Waals surface area (Å²) >= 11 is 1.73. The number of aromatic nitrogens is 2. The van der Waals surface area contributed by atoms with Gasteiger partial charge in [0.15, 0.2) is 0 Å². The van der Waals surface area contributed by atoms with Gasteiger partial charge < -0.3 is 15.7 Å². The highest BCUT2D eigenvalue weighted by molar-refractivity contribution is 7.19. The van der Waals surface area contributed by atoms with Crippen molar-refractivity contribution >= 4 is 33.3 Å². The summed E-state index contributed by atoms with van der Waals surface area (Å²) in [6, 6.07) is -0.493. The number of carbonyl (C=O) groups is 1. The molecule has 1 saturated heterocycles. The smallest absolute Gasteiger partial charge is 0.240 e. The zero-order valence-electron chi connectivity index (χ0n) is 12.2. The molecule has 0 radical (unpaired) electrons. The van der Waals surface area contributed by atoms with Crippen LogP contribution in [0.5, 0.6) is 0 Å². The van der Waals surface area contributed by atoms with Crippen molar-refractivity contribution in [3.8, 4) is 0 Å². The van der Waals surface area contributed by atoms with E-state index in [4.69, 9.17) is 5.73 Å². The van der Waals surface area contributed by atoms with E-state index in [0.29, 0.717) is 13.0 Å². The standard InChI is InChI=1S/C15H18N4O2S/c16-13(21)10-5-8(20)6-19(10)14-12-9-3-1-2-4-11(9)22-15(12)18-7-17-14/h7-8,10,20H,1-6H2,(H2,16,21)/t8-,10+/m1/s1. The fraction of sp³-hybridized carbons (Fsp3) is 0.533. The van der Waals surface area contributed by atoms with E-state index in [9.17, 15) is 9.90 Å². The lowest BCUT2D eigenvalue weighted by atomic mass is 9.97. The van der Waals surface area contributed by atoms with Gasteiger partial charge in [0.25, 0.3) is 0 Å². The van der Waals surface area contributed by atoms with Crippen LogP contribution in [0.1, 0.15) is 29.7 Å². The molecule has 6 nitrogen and oxygen atoms in total. The predicted octanol–water partition coefficient (Wildman–Crippen LogP) is 0.995. The van der Waals surface area contributed by atoms with Gasteiger partial charge in [-0.15, -0.1) is 11.3 Å². The molecule has 2 aromatic rings. The Kier molecular flexibility index (Phi) is 3.27. The minimum absolute atomic E-state index is 0.368. The normalized spacial score (nSPS) is 24.7. The first-order valence-electron chi connectivity index (χ1n) is 7.64. The number of carbonyl (C=O) groups excluding carboxylic acids is 1. The predicted molar refractivity (Wildman–Crippen MR) is 85.0 cm³/mol. The number of fused-ring (bicyclic) bond motifs is 3. The third kappa shape index (κ3) is 2.07. The number of nitrogens with zero attached hydrogens (tertiary/aromatic N) is 3. The van der Waals surface area contributed by atoms with Crippen molar-refractivity contribution < 1.29 is 9.90 Å². The molecule has 0 bridgehead atoms. The van der Waals surface area contributed by atoms with Gasteiger partial charge in [0.2, 0.25) is 5.91 Å². The Labute approximate surface area is 132 Å². The van der Waals surface area contributed by atoms with Crippen molar-refractivity contribution in [2.45, 2.75) is 44.2 Å². The van der Waals surface area contributed by atoms with Gasteiger partial charge in [-0.2, -0.15) is 0 Å². The number of anilines is 1. The second-order valence-corrected chi connectivity index (χ2v) is 7.13. The Morgan fingerprint density at radius 1 is 1.36 bits per heavy atom. The Morgan fingerprint density at radius 3 is 3.00 bits per heavy atom. The zero-order chi connectivity index (χ0) is 15.3. The molecule has 1 amide bonds. The highest BCUT2D eigenvalue weighted by Gasteiger charge is 2.37. The first-order chi connectivity index (χ1) is 10.6. The molecule has 3 heterocycles. The van der Waals surface area contributed by atoms with Gasteiger partial charge in [-0.1, -0.05) is 0 Å². The molecule has 1 aliphatic carbocycles. The van der Waals surface area contributed by atoms with Gasteiger partial charge in [-0.05, 0) is 31.2 Å². The van der Waals surface area contributed by atoms with Crippen LogP contribution in [0.3, 0.4) is 0 Å². The average Bonchev–Trinajstić information content (AvgIpc) is 3.07. The Hall–Kier alpha value is -1.73. The van der Waals surface area contributed by atoms with Crippen LogP contribution in [-0.2, 0) is 17.6 Å². The van der Waals surface area contributed by atoms with E-state index in [1.165, 1.54) is 23.3 Å². The SMILES string of the molecule is NC(=O)[C@@H]1C[C@@H](O)CN1c1ncnc2sc3c(c12)CCCC3. The third-order valence-electron chi connectivity index (χ3n) is 4.61. The van der Waals surface area contributed by atoms with Gasteiger partial charge in [-0.25, -0.2) is 9.97 Å². The number of rotatable bonds is 2. The maximum Gasteiger partial charge on any atom is 0.240 e. The van der Waals surface area contributed by atoms with E-state index < -0.39 is 18.1 Å². The second kappa shape index (κ2) is 5.17. The van der Waals surface area contributed by atoms with Crippen molar-refractivity contribution in [1.29, 1.82) is 0 Å². The number of nitrogens with two attached hydrogens (primary N) is 1. The monoisotopic (exact) mass is 318 g/mol. The quantitative estimate of drug-likeness (QED) is 0.861. The largest absolute Gasteiger partial charge is 0.391 e. The van der Waals surface area contributed by atoms with Crippen molar-refractivity contribution in [2.75, 3.05) is 11.4 Å². The maximum absolute atomic E-state index is 11.7. The van der Waals surface area contributed by atoms with Gasteiger partial charge in [0, 0.05) is 17.8 Å². The first-order valence-corrected chi connectivity index (χ1v) is 8.46. The Bertz CT molecular complexity index is 744. The number of aryl methyl sites for hydroxylation is 2. The second-order valence-electron chi connectivity index (χ2n) is 6.05. The molecule has 4 rings (SSSR count). The van der Waals surface area contributed by atoms with E-state index >= 15 is 0 Å². The van der Waals surface area contributed by atoms with E-state index in [1.807, 2.05) is 4.90 Å². The van der Waals surface area contributed by atoms with Crippen molar-refractivity contribution in [2.24, 2.45) is 5.73 Å². The maximum atomic E-state index is 11.7. The summed E-state index contributed by atoms with van der Waals surface area (Å²) in [6.45, 7) is 0.393. The topological polar surface area (TPSA) is 92.3 Å². The number of primary amides is 1. The first kappa shape index (κ1) is 13.9. The number of β-amino-alcohol motifs (C(OH)–C–C–N with tert-alkyl or cyclic N) is 1. The van der Waals surface area contributed by atoms with Crippen molar-refractivity contribution in [3.63, 3.8) is 0 Å². The fourth-order valence-electron chi connectivity index (χ4n) is 3.61. The van der Waals surface area contributed by atoms with E-state index in [-0.39, 0.29) is 0 Å². The Balaban J connectivity index is 1.88. The fourth-order valence-corrected chi connectivity index (χ4v) is 4.83. The highest BCUT2D eigenvalue weighted by atomic mass is 32.1. The van der Waals surface area contributed by atoms with Gasteiger partial charge in [0.05, 0.1) is 11.5 Å². The average molecular weight is 318 g/mol. The molecule has 3 N–H and O–H groups in total. The molecule has 2 aromatic heterocycles. The number of aliphatic hydroxyl groups excluding tert-OH is 1. The van der Waals surface area contributed by atoms with Crippen LogP contribution in [0.25, 0.3) is 10.2 Å². The van der Waals surface area contributed by atoms with Crippen LogP contribution in [0, 0.1) is 0 Å². The lowest BCUT2D eigenvalue weighted by molar-refractivity contribution is -0.119. The molecule has 0 aromatic carbocycles. The number of hydrogen-bond acceptors (Lipinski definition) is 6. The molecule has 116 valence electrons. The summed E-state index contributed by atoms with van der Waals surface area (Å²) in [6.07, 6.45) is 5.89. The number of hydrogen-bond donors (Lipinski definition) is 2.